The number of rotatable bonds is 4. The molecule has 0 radical (unpaired) electrons. The molecule has 1 N–H and O–H groups in total. The summed E-state index contributed by atoms with van der Waals surface area (Å²) in [6.45, 7) is 11.3. The number of morpholine rings is 1. The highest BCUT2D eigenvalue weighted by molar-refractivity contribution is 5.98. The first-order chi connectivity index (χ1) is 18.5. The number of nitrogens with zero attached hydrogens (tertiary/aromatic N) is 4. The highest BCUT2D eigenvalue weighted by Crippen LogP contribution is 2.35. The number of carbonyl (C=O) groups is 1. The van der Waals surface area contributed by atoms with E-state index in [0.717, 1.165) is 53.9 Å². The maximum absolute atomic E-state index is 12.9. The van der Waals surface area contributed by atoms with Crippen LogP contribution in [0.3, 0.4) is 0 Å². The molecule has 2 saturated heterocycles. The van der Waals surface area contributed by atoms with Crippen LogP contribution in [0.15, 0.2) is 54.9 Å². The summed E-state index contributed by atoms with van der Waals surface area (Å²) in [6.07, 6.45) is 3.96. The minimum Gasteiger partial charge on any atom is -0.378 e. The summed E-state index contributed by atoms with van der Waals surface area (Å²) < 4.78 is 5.38. The zero-order chi connectivity index (χ0) is 26.2. The topological polar surface area (TPSA) is 64.7 Å². The zero-order valence-electron chi connectivity index (χ0n) is 22.5. The van der Waals surface area contributed by atoms with E-state index in [4.69, 9.17) is 9.72 Å². The second-order valence-corrected chi connectivity index (χ2v) is 10.6. The van der Waals surface area contributed by atoms with E-state index in [1.807, 2.05) is 41.6 Å². The number of piperazine rings is 1. The predicted octanol–water partition coefficient (Wildman–Crippen LogP) is 4.74. The van der Waals surface area contributed by atoms with Gasteiger partial charge in [0, 0.05) is 79.4 Å². The molecule has 0 unspecified atom stereocenters. The number of likely N-dealkylation sites (N-methyl/N-ethyl adjacent to an activating group) is 1. The number of aryl methyl sites for hydroxylation is 2. The number of H-pyrrole nitrogens is 1. The van der Waals surface area contributed by atoms with Crippen molar-refractivity contribution in [3.8, 4) is 22.3 Å². The number of anilines is 1. The normalized spacial score (nSPS) is 16.8. The largest absolute Gasteiger partial charge is 0.378 e. The zero-order valence-corrected chi connectivity index (χ0v) is 22.5. The van der Waals surface area contributed by atoms with Gasteiger partial charge in [0.15, 0.2) is 0 Å². The molecule has 2 aromatic heterocycles. The number of fused-ring (bicyclic) bond motifs is 1. The van der Waals surface area contributed by atoms with Gasteiger partial charge in [-0.15, -0.1) is 0 Å². The third-order valence-electron chi connectivity index (χ3n) is 7.92. The molecule has 2 fully saturated rings. The van der Waals surface area contributed by atoms with Crippen molar-refractivity contribution in [2.45, 2.75) is 13.8 Å². The van der Waals surface area contributed by atoms with E-state index in [1.165, 1.54) is 22.4 Å². The van der Waals surface area contributed by atoms with E-state index in [9.17, 15) is 4.79 Å². The van der Waals surface area contributed by atoms with Gasteiger partial charge in [-0.1, -0.05) is 12.1 Å². The molecule has 2 aliphatic heterocycles. The summed E-state index contributed by atoms with van der Waals surface area (Å²) in [6, 6.07) is 14.7. The fourth-order valence-corrected chi connectivity index (χ4v) is 5.79. The van der Waals surface area contributed by atoms with Crippen molar-refractivity contribution in [1.29, 1.82) is 0 Å². The molecule has 2 aromatic carbocycles. The van der Waals surface area contributed by atoms with E-state index >= 15 is 0 Å². The molecule has 4 heterocycles. The molecule has 0 spiro atoms. The van der Waals surface area contributed by atoms with Crippen molar-refractivity contribution < 1.29 is 9.53 Å². The number of hydrogen-bond acceptors (Lipinski definition) is 5. The molecule has 0 saturated carbocycles. The number of aromatic nitrogens is 2. The van der Waals surface area contributed by atoms with Gasteiger partial charge in [-0.25, -0.2) is 4.98 Å². The Bertz CT molecular complexity index is 1440. The number of aromatic amines is 1. The number of carbonyl (C=O) groups excluding carboxylic acids is 1. The molecule has 4 aromatic rings. The molecular formula is C31H35N5O2. The average molecular weight is 510 g/mol. The third-order valence-corrected chi connectivity index (χ3v) is 7.92. The van der Waals surface area contributed by atoms with Crippen LogP contribution in [0.1, 0.15) is 21.5 Å². The van der Waals surface area contributed by atoms with Crippen LogP contribution in [0.4, 0.5) is 5.69 Å². The minimum atomic E-state index is 0.0634. The Hall–Kier alpha value is -3.68. The summed E-state index contributed by atoms with van der Waals surface area (Å²) >= 11 is 0. The molecule has 196 valence electrons. The molecule has 6 rings (SSSR count). The predicted molar refractivity (Wildman–Crippen MR) is 153 cm³/mol. The Morgan fingerprint density at radius 3 is 2.24 bits per heavy atom. The summed E-state index contributed by atoms with van der Waals surface area (Å²) in [5.41, 5.74) is 9.98. The van der Waals surface area contributed by atoms with Crippen molar-refractivity contribution >= 4 is 22.6 Å². The Morgan fingerprint density at radius 1 is 0.868 bits per heavy atom. The lowest BCUT2D eigenvalue weighted by Gasteiger charge is -2.36. The first-order valence-corrected chi connectivity index (χ1v) is 13.5. The molecular weight excluding hydrogens is 474 g/mol. The molecule has 0 bridgehead atoms. The van der Waals surface area contributed by atoms with Crippen molar-refractivity contribution in [3.05, 3.63) is 71.5 Å². The van der Waals surface area contributed by atoms with Gasteiger partial charge in [0.25, 0.3) is 5.91 Å². The van der Waals surface area contributed by atoms with E-state index in [1.54, 1.807) is 0 Å². The molecule has 7 heteroatoms. The lowest BCUT2D eigenvalue weighted by molar-refractivity contribution is 0.0303. The van der Waals surface area contributed by atoms with Gasteiger partial charge in [0.2, 0.25) is 0 Å². The van der Waals surface area contributed by atoms with Crippen LogP contribution < -0.4 is 4.90 Å². The summed E-state index contributed by atoms with van der Waals surface area (Å²) in [5.74, 6) is 0.0634. The Balaban J connectivity index is 1.28. The number of nitrogens with one attached hydrogen (secondary N) is 1. The third kappa shape index (κ3) is 4.68. The number of pyridine rings is 1. The standard InChI is InChI=1S/C31H35N5O2/c1-21-16-25(17-22(2)29(21)35-10-8-34(3)9-11-35)26-18-27-28(20-33-30(27)32-19-26)23-4-6-24(7-5-23)31(37)36-12-14-38-15-13-36/h4-7,16-20H,8-15H2,1-3H3,(H,32,33). The molecule has 1 amide bonds. The Labute approximate surface area is 224 Å². The quantitative estimate of drug-likeness (QED) is 0.431. The smallest absolute Gasteiger partial charge is 0.254 e. The van der Waals surface area contributed by atoms with Crippen LogP contribution in [-0.2, 0) is 4.74 Å². The van der Waals surface area contributed by atoms with E-state index in [-0.39, 0.29) is 5.91 Å². The highest BCUT2D eigenvalue weighted by atomic mass is 16.5. The number of hydrogen-bond donors (Lipinski definition) is 1. The Kier molecular flexibility index (Phi) is 6.64. The monoisotopic (exact) mass is 509 g/mol. The van der Waals surface area contributed by atoms with Gasteiger partial charge in [-0.2, -0.15) is 0 Å². The van der Waals surface area contributed by atoms with Crippen LogP contribution in [0.2, 0.25) is 0 Å². The molecule has 38 heavy (non-hydrogen) atoms. The molecule has 2 aliphatic rings. The lowest BCUT2D eigenvalue weighted by atomic mass is 9.97. The summed E-state index contributed by atoms with van der Waals surface area (Å²) in [4.78, 5) is 27.7. The van der Waals surface area contributed by atoms with Gasteiger partial charge in [0.05, 0.1) is 13.2 Å². The molecule has 0 aliphatic carbocycles. The van der Waals surface area contributed by atoms with Crippen LogP contribution in [0, 0.1) is 13.8 Å². The SMILES string of the molecule is Cc1cc(-c2cnc3[nH]cc(-c4ccc(C(=O)N5CCOCC5)cc4)c3c2)cc(C)c1N1CCN(C)CC1. The molecule has 0 atom stereocenters. The lowest BCUT2D eigenvalue weighted by Crippen LogP contribution is -2.45. The van der Waals surface area contributed by atoms with Crippen molar-refractivity contribution in [3.63, 3.8) is 0 Å². The summed E-state index contributed by atoms with van der Waals surface area (Å²) in [5, 5.41) is 1.08. The van der Waals surface area contributed by atoms with Gasteiger partial charge < -0.3 is 24.4 Å². The van der Waals surface area contributed by atoms with Crippen molar-refractivity contribution in [2.75, 3.05) is 64.4 Å². The number of benzene rings is 2. The minimum absolute atomic E-state index is 0.0634. The maximum Gasteiger partial charge on any atom is 0.254 e. The second kappa shape index (κ2) is 10.2. The van der Waals surface area contributed by atoms with Gasteiger partial charge in [-0.3, -0.25) is 4.79 Å². The van der Waals surface area contributed by atoms with Gasteiger partial charge in [-0.05, 0) is 73.5 Å². The van der Waals surface area contributed by atoms with Crippen LogP contribution in [0.5, 0.6) is 0 Å². The summed E-state index contributed by atoms with van der Waals surface area (Å²) in [7, 11) is 2.19. The maximum atomic E-state index is 12.9. The van der Waals surface area contributed by atoms with E-state index in [2.05, 4.69) is 53.9 Å². The highest BCUT2D eigenvalue weighted by Gasteiger charge is 2.20. The van der Waals surface area contributed by atoms with Crippen LogP contribution >= 0.6 is 0 Å². The van der Waals surface area contributed by atoms with E-state index < -0.39 is 0 Å². The fourth-order valence-electron chi connectivity index (χ4n) is 5.79. The first-order valence-electron chi connectivity index (χ1n) is 13.5. The second-order valence-electron chi connectivity index (χ2n) is 10.6. The van der Waals surface area contributed by atoms with Gasteiger partial charge in [0.1, 0.15) is 5.65 Å². The fraction of sp³-hybridized carbons (Fsp3) is 0.355. The van der Waals surface area contributed by atoms with E-state index in [0.29, 0.717) is 31.9 Å². The van der Waals surface area contributed by atoms with Crippen LogP contribution in [-0.4, -0.2) is 85.2 Å². The van der Waals surface area contributed by atoms with Crippen molar-refractivity contribution in [1.82, 2.24) is 19.8 Å². The first kappa shape index (κ1) is 24.6. The van der Waals surface area contributed by atoms with Crippen LogP contribution in [0.25, 0.3) is 33.3 Å². The average Bonchev–Trinajstić information content (AvgIpc) is 3.37. The molecule has 7 nitrogen and oxygen atoms in total. The number of ether oxygens (including phenoxy) is 1. The van der Waals surface area contributed by atoms with Crippen molar-refractivity contribution in [2.24, 2.45) is 0 Å². The number of amides is 1. The van der Waals surface area contributed by atoms with Gasteiger partial charge >= 0.3 is 0 Å². The Morgan fingerprint density at radius 2 is 1.55 bits per heavy atom.